The Kier molecular flexibility index (Phi) is 9.95. The lowest BCUT2D eigenvalue weighted by Crippen LogP contribution is -2.56. The largest absolute Gasteiger partial charge is 0.497 e. The third-order valence-corrected chi connectivity index (χ3v) is 7.64. The minimum Gasteiger partial charge on any atom is -0.497 e. The molecule has 0 spiro atoms. The molecule has 226 valence electrons. The average Bonchev–Trinajstić information content (AvgIpc) is 3.00. The van der Waals surface area contributed by atoms with Gasteiger partial charge in [-0.05, 0) is 62.7 Å². The van der Waals surface area contributed by atoms with Crippen molar-refractivity contribution in [2.24, 2.45) is 0 Å². The van der Waals surface area contributed by atoms with Gasteiger partial charge in [-0.2, -0.15) is 0 Å². The summed E-state index contributed by atoms with van der Waals surface area (Å²) in [5.41, 5.74) is 2.17. The van der Waals surface area contributed by atoms with Crippen LogP contribution >= 0.6 is 0 Å². The molecular weight excluding hydrogens is 540 g/mol. The van der Waals surface area contributed by atoms with E-state index >= 15 is 0 Å². The van der Waals surface area contributed by atoms with Gasteiger partial charge in [0.25, 0.3) is 5.91 Å². The summed E-state index contributed by atoms with van der Waals surface area (Å²) in [5.74, 6) is 1.22. The number of nitrogens with zero attached hydrogens (tertiary/aromatic N) is 3. The molecule has 2 unspecified atom stereocenters. The van der Waals surface area contributed by atoms with E-state index in [0.717, 1.165) is 0 Å². The number of urea groups is 1. The first-order valence-corrected chi connectivity index (χ1v) is 14.1. The first-order chi connectivity index (χ1) is 20.2. The third kappa shape index (κ3) is 6.46. The molecule has 42 heavy (non-hydrogen) atoms. The Morgan fingerprint density at radius 3 is 2.12 bits per heavy atom. The molecule has 2 aliphatic heterocycles. The van der Waals surface area contributed by atoms with Crippen LogP contribution in [0.15, 0.2) is 53.7 Å². The number of hydrogen-bond acceptors (Lipinski definition) is 8. The Morgan fingerprint density at radius 1 is 0.929 bits per heavy atom. The zero-order valence-electron chi connectivity index (χ0n) is 25.1. The fraction of sp³-hybridized carbons (Fsp3) is 0.452. The van der Waals surface area contributed by atoms with Crippen LogP contribution in [-0.2, 0) is 9.53 Å². The Labute approximate surface area is 246 Å². The molecule has 0 bridgehead atoms. The van der Waals surface area contributed by atoms with E-state index in [1.807, 2.05) is 18.7 Å². The molecule has 0 radical (unpaired) electrons. The molecule has 2 aromatic carbocycles. The van der Waals surface area contributed by atoms with Crippen LogP contribution in [0.4, 0.5) is 4.79 Å². The highest BCUT2D eigenvalue weighted by molar-refractivity contribution is 5.96. The van der Waals surface area contributed by atoms with E-state index in [0.29, 0.717) is 72.4 Å². The first-order valence-electron chi connectivity index (χ1n) is 14.1. The van der Waals surface area contributed by atoms with Gasteiger partial charge in [0.15, 0.2) is 0 Å². The summed E-state index contributed by atoms with van der Waals surface area (Å²) in [6.45, 7) is 8.15. The van der Waals surface area contributed by atoms with Crippen LogP contribution < -0.4 is 19.5 Å². The Bertz CT molecular complexity index is 1300. The number of likely N-dealkylation sites (N-methyl/N-ethyl adjacent to an activating group) is 1. The van der Waals surface area contributed by atoms with E-state index in [2.05, 4.69) is 10.2 Å². The highest BCUT2D eigenvalue weighted by Crippen LogP contribution is 2.36. The number of carbonyl (C=O) groups is 3. The summed E-state index contributed by atoms with van der Waals surface area (Å²) < 4.78 is 21.6. The SMILES string of the molecule is CCOC(=O)C1=C(CN2CCN(C(=O)c3ccc(OC)cc3)C(C)C2)N(CC)C(=O)NC1c1cc(OC)cc(OC)c1. The summed E-state index contributed by atoms with van der Waals surface area (Å²) in [5, 5.41) is 2.99. The number of hydrogen-bond donors (Lipinski definition) is 1. The Hall–Kier alpha value is -4.25. The first kappa shape index (κ1) is 30.7. The predicted molar refractivity (Wildman–Crippen MR) is 157 cm³/mol. The van der Waals surface area contributed by atoms with Gasteiger partial charge in [-0.25, -0.2) is 9.59 Å². The second-order valence-corrected chi connectivity index (χ2v) is 10.2. The zero-order valence-corrected chi connectivity index (χ0v) is 25.1. The molecular formula is C31H40N4O7. The van der Waals surface area contributed by atoms with Crippen molar-refractivity contribution < 1.29 is 33.3 Å². The molecule has 2 heterocycles. The molecule has 1 N–H and O–H groups in total. The van der Waals surface area contributed by atoms with Gasteiger partial charge in [0.1, 0.15) is 17.2 Å². The van der Waals surface area contributed by atoms with Crippen molar-refractivity contribution in [3.8, 4) is 17.2 Å². The van der Waals surface area contributed by atoms with Crippen molar-refractivity contribution in [3.63, 3.8) is 0 Å². The topological polar surface area (TPSA) is 110 Å². The van der Waals surface area contributed by atoms with Crippen molar-refractivity contribution in [2.75, 3.05) is 60.7 Å². The smallest absolute Gasteiger partial charge is 0.338 e. The summed E-state index contributed by atoms with van der Waals surface area (Å²) in [7, 11) is 4.68. The molecule has 1 fully saturated rings. The molecule has 2 aliphatic rings. The molecule has 2 aromatic rings. The normalized spacial score (nSPS) is 19.3. The van der Waals surface area contributed by atoms with Crippen LogP contribution in [0, 0.1) is 0 Å². The summed E-state index contributed by atoms with van der Waals surface area (Å²) in [6.07, 6.45) is 0. The Balaban J connectivity index is 1.65. The van der Waals surface area contributed by atoms with E-state index in [9.17, 15) is 14.4 Å². The molecule has 1 saturated heterocycles. The molecule has 2 atom stereocenters. The zero-order chi connectivity index (χ0) is 30.4. The molecule has 11 nitrogen and oxygen atoms in total. The molecule has 0 aromatic heterocycles. The van der Waals surface area contributed by atoms with Gasteiger partial charge in [-0.1, -0.05) is 0 Å². The van der Waals surface area contributed by atoms with Gasteiger partial charge < -0.3 is 29.2 Å². The summed E-state index contributed by atoms with van der Waals surface area (Å²) in [6, 6.07) is 11.2. The number of benzene rings is 2. The fourth-order valence-corrected chi connectivity index (χ4v) is 5.49. The van der Waals surface area contributed by atoms with E-state index in [4.69, 9.17) is 18.9 Å². The molecule has 4 rings (SSSR count). The third-order valence-electron chi connectivity index (χ3n) is 7.64. The predicted octanol–water partition coefficient (Wildman–Crippen LogP) is 3.46. The maximum absolute atomic E-state index is 13.5. The van der Waals surface area contributed by atoms with Crippen molar-refractivity contribution >= 4 is 17.9 Å². The number of rotatable bonds is 10. The summed E-state index contributed by atoms with van der Waals surface area (Å²) in [4.78, 5) is 45.8. The molecule has 3 amide bonds. The maximum Gasteiger partial charge on any atom is 0.338 e. The highest BCUT2D eigenvalue weighted by atomic mass is 16.5. The minimum absolute atomic E-state index is 0.0458. The minimum atomic E-state index is -0.770. The standard InChI is InChI=1S/C31H40N4O7/c1-7-34-26(19-33-13-14-35(20(3)18-33)29(36)21-9-11-23(39-4)12-10-21)27(30(37)42-8-2)28(32-31(34)38)22-15-24(40-5)17-25(16-22)41-6/h9-12,15-17,20,28H,7-8,13-14,18-19H2,1-6H3,(H,32,38). The quantitative estimate of drug-likeness (QED) is 0.426. The van der Waals surface area contributed by atoms with Crippen LogP contribution in [0.1, 0.15) is 42.7 Å². The second-order valence-electron chi connectivity index (χ2n) is 10.2. The lowest BCUT2D eigenvalue weighted by atomic mass is 9.93. The number of piperazine rings is 1. The van der Waals surface area contributed by atoms with E-state index in [1.165, 1.54) is 0 Å². The summed E-state index contributed by atoms with van der Waals surface area (Å²) >= 11 is 0. The van der Waals surface area contributed by atoms with Crippen molar-refractivity contribution in [1.82, 2.24) is 20.0 Å². The van der Waals surface area contributed by atoms with E-state index < -0.39 is 12.0 Å². The number of ether oxygens (including phenoxy) is 4. The van der Waals surface area contributed by atoms with Crippen LogP contribution in [0.5, 0.6) is 17.2 Å². The average molecular weight is 581 g/mol. The van der Waals surface area contributed by atoms with E-state index in [1.54, 1.807) is 75.6 Å². The number of carbonyl (C=O) groups excluding carboxylic acids is 3. The lowest BCUT2D eigenvalue weighted by molar-refractivity contribution is -0.139. The van der Waals surface area contributed by atoms with Gasteiger partial charge in [-0.15, -0.1) is 0 Å². The number of nitrogens with one attached hydrogen (secondary N) is 1. The lowest BCUT2D eigenvalue weighted by Gasteiger charge is -2.43. The van der Waals surface area contributed by atoms with Crippen molar-refractivity contribution in [2.45, 2.75) is 32.9 Å². The number of amides is 3. The number of methoxy groups -OCH3 is 3. The van der Waals surface area contributed by atoms with Crippen molar-refractivity contribution in [3.05, 3.63) is 64.9 Å². The van der Waals surface area contributed by atoms with Gasteiger partial charge in [-0.3, -0.25) is 14.6 Å². The Morgan fingerprint density at radius 2 is 1.57 bits per heavy atom. The van der Waals surface area contributed by atoms with Gasteiger partial charge in [0, 0.05) is 56.1 Å². The van der Waals surface area contributed by atoms with Crippen LogP contribution in [0.25, 0.3) is 0 Å². The molecule has 0 aliphatic carbocycles. The van der Waals surface area contributed by atoms with Gasteiger partial charge >= 0.3 is 12.0 Å². The molecule has 11 heteroatoms. The van der Waals surface area contributed by atoms with Crippen LogP contribution in [-0.4, -0.2) is 99.3 Å². The van der Waals surface area contributed by atoms with E-state index in [-0.39, 0.29) is 24.6 Å². The van der Waals surface area contributed by atoms with Gasteiger partial charge in [0.05, 0.1) is 39.6 Å². The maximum atomic E-state index is 13.5. The monoisotopic (exact) mass is 580 g/mol. The molecule has 0 saturated carbocycles. The van der Waals surface area contributed by atoms with Gasteiger partial charge in [0.2, 0.25) is 0 Å². The fourth-order valence-electron chi connectivity index (χ4n) is 5.49. The van der Waals surface area contributed by atoms with Crippen LogP contribution in [0.3, 0.4) is 0 Å². The number of esters is 1. The second kappa shape index (κ2) is 13.6. The van der Waals surface area contributed by atoms with Crippen LogP contribution in [0.2, 0.25) is 0 Å². The van der Waals surface area contributed by atoms with Crippen molar-refractivity contribution in [1.29, 1.82) is 0 Å². The highest BCUT2D eigenvalue weighted by Gasteiger charge is 2.39.